The van der Waals surface area contributed by atoms with Gasteiger partial charge in [0.15, 0.2) is 0 Å². The van der Waals surface area contributed by atoms with Crippen molar-refractivity contribution in [3.05, 3.63) is 30.1 Å². The largest absolute Gasteiger partial charge is 0.396 e. The number of pyridine rings is 1. The monoisotopic (exact) mass is 348 g/mol. The molecule has 1 aromatic heterocycles. The Balaban J connectivity index is 1.70. The second kappa shape index (κ2) is 9.15. The summed E-state index contributed by atoms with van der Waals surface area (Å²) >= 11 is 0. The summed E-state index contributed by atoms with van der Waals surface area (Å²) in [5.41, 5.74) is 1.14. The van der Waals surface area contributed by atoms with E-state index in [1.54, 1.807) is 6.20 Å². The Hall–Kier alpha value is -1.66. The zero-order chi connectivity index (χ0) is 18.3. The van der Waals surface area contributed by atoms with Crippen LogP contribution in [0.2, 0.25) is 0 Å². The highest BCUT2D eigenvalue weighted by Gasteiger charge is 2.24. The number of hydrogen-bond acceptors (Lipinski definition) is 4. The van der Waals surface area contributed by atoms with Gasteiger partial charge in [-0.25, -0.2) is 4.79 Å². The molecule has 2 heterocycles. The predicted octanol–water partition coefficient (Wildman–Crippen LogP) is 2.27. The molecule has 1 aromatic rings. The van der Waals surface area contributed by atoms with Crippen LogP contribution in [0.1, 0.15) is 45.2 Å². The Bertz CT molecular complexity index is 527. The van der Waals surface area contributed by atoms with Gasteiger partial charge in [0.05, 0.1) is 0 Å². The van der Waals surface area contributed by atoms with E-state index in [1.165, 1.54) is 5.56 Å². The quantitative estimate of drug-likeness (QED) is 0.742. The summed E-state index contributed by atoms with van der Waals surface area (Å²) in [5, 5.41) is 12.3. The van der Waals surface area contributed by atoms with Gasteiger partial charge in [0.1, 0.15) is 0 Å². The van der Waals surface area contributed by atoms with E-state index in [0.717, 1.165) is 39.0 Å². The highest BCUT2D eigenvalue weighted by molar-refractivity contribution is 5.74. The first-order chi connectivity index (χ1) is 11.9. The molecule has 1 aliphatic rings. The average molecular weight is 348 g/mol. The van der Waals surface area contributed by atoms with E-state index in [1.807, 2.05) is 31.0 Å². The van der Waals surface area contributed by atoms with E-state index in [4.69, 9.17) is 0 Å². The van der Waals surface area contributed by atoms with Gasteiger partial charge in [0.2, 0.25) is 0 Å². The summed E-state index contributed by atoms with van der Waals surface area (Å²) < 4.78 is 0. The van der Waals surface area contributed by atoms with Crippen LogP contribution >= 0.6 is 0 Å². The molecule has 2 rings (SSSR count). The molecule has 6 nitrogen and oxygen atoms in total. The first kappa shape index (κ1) is 19.7. The molecule has 1 atom stereocenters. The number of aliphatic hydroxyl groups excluding tert-OH is 1. The van der Waals surface area contributed by atoms with Crippen molar-refractivity contribution in [2.24, 2.45) is 5.41 Å². The van der Waals surface area contributed by atoms with E-state index in [9.17, 15) is 9.90 Å². The molecular weight excluding hydrogens is 316 g/mol. The van der Waals surface area contributed by atoms with E-state index in [0.29, 0.717) is 12.6 Å². The molecule has 140 valence electrons. The standard InChI is InChI=1S/C19H32N4O2/c1-16(17-6-4-8-20-14-17)22-10-12-23(13-11-22)18(25)21-9-5-7-19(2,3)15-24/h4,6,8,14,16,24H,5,7,9-13,15H2,1-3H3,(H,21,25). The number of nitrogens with zero attached hydrogens (tertiary/aromatic N) is 3. The van der Waals surface area contributed by atoms with Gasteiger partial charge < -0.3 is 15.3 Å². The second-order valence-corrected chi connectivity index (χ2v) is 7.64. The van der Waals surface area contributed by atoms with Gasteiger partial charge in [-0.2, -0.15) is 0 Å². The summed E-state index contributed by atoms with van der Waals surface area (Å²) in [6.45, 7) is 10.4. The maximum atomic E-state index is 12.3. The number of carbonyl (C=O) groups excluding carboxylic acids is 1. The maximum absolute atomic E-state index is 12.3. The Kier molecular flexibility index (Phi) is 7.20. The van der Waals surface area contributed by atoms with Crippen molar-refractivity contribution in [2.45, 2.75) is 39.7 Å². The van der Waals surface area contributed by atoms with Crippen LogP contribution in [-0.2, 0) is 0 Å². The summed E-state index contributed by atoms with van der Waals surface area (Å²) in [5.74, 6) is 0. The van der Waals surface area contributed by atoms with Crippen molar-refractivity contribution in [3.8, 4) is 0 Å². The smallest absolute Gasteiger partial charge is 0.317 e. The third kappa shape index (κ3) is 5.97. The highest BCUT2D eigenvalue weighted by atomic mass is 16.3. The molecule has 2 amide bonds. The number of urea groups is 1. The lowest BCUT2D eigenvalue weighted by Crippen LogP contribution is -2.52. The Morgan fingerprint density at radius 1 is 1.36 bits per heavy atom. The fraction of sp³-hybridized carbons (Fsp3) is 0.684. The number of rotatable bonds is 7. The zero-order valence-corrected chi connectivity index (χ0v) is 15.7. The van der Waals surface area contributed by atoms with Gasteiger partial charge in [-0.05, 0) is 36.8 Å². The van der Waals surface area contributed by atoms with Gasteiger partial charge in [0.25, 0.3) is 0 Å². The van der Waals surface area contributed by atoms with Gasteiger partial charge >= 0.3 is 6.03 Å². The van der Waals surface area contributed by atoms with Crippen LogP contribution in [0.5, 0.6) is 0 Å². The van der Waals surface area contributed by atoms with Crippen LogP contribution in [0.15, 0.2) is 24.5 Å². The molecule has 1 fully saturated rings. The minimum absolute atomic E-state index is 0.0236. The van der Waals surface area contributed by atoms with Crippen LogP contribution in [-0.4, -0.2) is 65.3 Å². The van der Waals surface area contributed by atoms with Crippen LogP contribution < -0.4 is 5.32 Å². The van der Waals surface area contributed by atoms with Gasteiger partial charge in [-0.15, -0.1) is 0 Å². The van der Waals surface area contributed by atoms with Crippen molar-refractivity contribution in [1.82, 2.24) is 20.1 Å². The van der Waals surface area contributed by atoms with Crippen molar-refractivity contribution in [3.63, 3.8) is 0 Å². The minimum Gasteiger partial charge on any atom is -0.396 e. The van der Waals surface area contributed by atoms with E-state index >= 15 is 0 Å². The van der Waals surface area contributed by atoms with Crippen LogP contribution in [0.4, 0.5) is 4.79 Å². The average Bonchev–Trinajstić information content (AvgIpc) is 2.65. The van der Waals surface area contributed by atoms with Crippen LogP contribution in [0.3, 0.4) is 0 Å². The Morgan fingerprint density at radius 3 is 2.68 bits per heavy atom. The Labute approximate surface area is 151 Å². The van der Waals surface area contributed by atoms with Crippen molar-refractivity contribution in [1.29, 1.82) is 0 Å². The summed E-state index contributed by atoms with van der Waals surface area (Å²) in [6, 6.07) is 4.41. The topological polar surface area (TPSA) is 68.7 Å². The predicted molar refractivity (Wildman–Crippen MR) is 99.3 cm³/mol. The van der Waals surface area contributed by atoms with Crippen LogP contribution in [0, 0.1) is 5.41 Å². The van der Waals surface area contributed by atoms with E-state index in [2.05, 4.69) is 28.2 Å². The van der Waals surface area contributed by atoms with E-state index in [-0.39, 0.29) is 18.1 Å². The molecule has 0 radical (unpaired) electrons. The molecule has 6 heteroatoms. The number of aromatic nitrogens is 1. The van der Waals surface area contributed by atoms with Gasteiger partial charge in [0, 0.05) is 57.8 Å². The minimum atomic E-state index is -0.0706. The number of amides is 2. The molecule has 2 N–H and O–H groups in total. The lowest BCUT2D eigenvalue weighted by molar-refractivity contribution is 0.113. The SMILES string of the molecule is CC(c1cccnc1)N1CCN(C(=O)NCCCC(C)(C)CO)CC1. The number of hydrogen-bond donors (Lipinski definition) is 2. The van der Waals surface area contributed by atoms with Crippen molar-refractivity contribution >= 4 is 6.03 Å². The van der Waals surface area contributed by atoms with E-state index < -0.39 is 0 Å². The maximum Gasteiger partial charge on any atom is 0.317 e. The van der Waals surface area contributed by atoms with Gasteiger partial charge in [-0.1, -0.05) is 19.9 Å². The lowest BCUT2D eigenvalue weighted by atomic mass is 9.89. The molecule has 0 aliphatic carbocycles. The van der Waals surface area contributed by atoms with Gasteiger partial charge in [-0.3, -0.25) is 9.88 Å². The Morgan fingerprint density at radius 2 is 2.08 bits per heavy atom. The third-order valence-electron chi connectivity index (χ3n) is 5.05. The third-order valence-corrected chi connectivity index (χ3v) is 5.05. The first-order valence-corrected chi connectivity index (χ1v) is 9.20. The molecule has 0 spiro atoms. The molecule has 1 saturated heterocycles. The normalized spacial score (nSPS) is 17.4. The fourth-order valence-corrected chi connectivity index (χ4v) is 3.10. The highest BCUT2D eigenvalue weighted by Crippen LogP contribution is 2.21. The first-order valence-electron chi connectivity index (χ1n) is 9.20. The molecule has 0 bridgehead atoms. The fourth-order valence-electron chi connectivity index (χ4n) is 3.10. The number of aliphatic hydroxyl groups is 1. The summed E-state index contributed by atoms with van der Waals surface area (Å²) in [6.07, 6.45) is 5.50. The van der Waals surface area contributed by atoms with Crippen LogP contribution in [0.25, 0.3) is 0 Å². The lowest BCUT2D eigenvalue weighted by Gasteiger charge is -2.38. The summed E-state index contributed by atoms with van der Waals surface area (Å²) in [7, 11) is 0. The molecular formula is C19H32N4O2. The van der Waals surface area contributed by atoms with Crippen molar-refractivity contribution in [2.75, 3.05) is 39.3 Å². The number of carbonyl (C=O) groups is 1. The zero-order valence-electron chi connectivity index (χ0n) is 15.7. The number of piperazine rings is 1. The summed E-state index contributed by atoms with van der Waals surface area (Å²) in [4.78, 5) is 20.8. The second-order valence-electron chi connectivity index (χ2n) is 7.64. The molecule has 1 unspecified atom stereocenters. The van der Waals surface area contributed by atoms with Crippen molar-refractivity contribution < 1.29 is 9.90 Å². The molecule has 1 aliphatic heterocycles. The molecule has 25 heavy (non-hydrogen) atoms. The number of nitrogens with one attached hydrogen (secondary N) is 1. The molecule has 0 aromatic carbocycles. The molecule has 0 saturated carbocycles.